The first-order valence-electron chi connectivity index (χ1n) is 15.4. The van der Waals surface area contributed by atoms with Crippen LogP contribution in [-0.2, 0) is 19.8 Å². The van der Waals surface area contributed by atoms with Crippen molar-refractivity contribution in [3.05, 3.63) is 58.7 Å². The molecule has 6 rings (SSSR count). The number of hydrogen-bond donors (Lipinski definition) is 10. The smallest absolute Gasteiger partial charge is 0.147 e. The van der Waals surface area contributed by atoms with Gasteiger partial charge in [-0.1, -0.05) is 35.8 Å². The lowest BCUT2D eigenvalue weighted by molar-refractivity contribution is -0.214. The standard InChI is InChI=1S/C34H38O13/c35-10-9-26-30(41)32(43)28(39)24(46-26)7-3-16-1-5-18-19-6-2-17(4-8-25-29(40)33(44)31(42)27(14-36)47-25)12-21(19)34(20(18)11-16)13-22(37)23(38)15-45-34/h1-2,5-6,11-12,22-33,35-44H,9-10,13-15H2/t22-,23+,24+,25+,26+,27+,28+,29+,30+,31+,32+,33+,34?/m0/s1. The van der Waals surface area contributed by atoms with E-state index in [1.165, 1.54) is 0 Å². The highest BCUT2D eigenvalue weighted by Gasteiger charge is 2.50. The highest BCUT2D eigenvalue weighted by atomic mass is 16.5. The molecule has 3 aliphatic heterocycles. The molecule has 47 heavy (non-hydrogen) atoms. The number of hydrogen-bond acceptors (Lipinski definition) is 13. The van der Waals surface area contributed by atoms with Gasteiger partial charge in [-0.25, -0.2) is 0 Å². The van der Waals surface area contributed by atoms with E-state index in [0.29, 0.717) is 22.3 Å². The van der Waals surface area contributed by atoms with Crippen molar-refractivity contribution in [3.63, 3.8) is 0 Å². The quantitative estimate of drug-likeness (QED) is 0.148. The Balaban J connectivity index is 1.33. The molecule has 0 bridgehead atoms. The Labute approximate surface area is 270 Å². The zero-order valence-electron chi connectivity index (χ0n) is 25.1. The summed E-state index contributed by atoms with van der Waals surface area (Å²) in [6.45, 7) is -1.03. The van der Waals surface area contributed by atoms with Crippen LogP contribution in [0.15, 0.2) is 36.4 Å². The molecular weight excluding hydrogens is 616 g/mol. The van der Waals surface area contributed by atoms with Crippen LogP contribution in [0.4, 0.5) is 0 Å². The zero-order valence-corrected chi connectivity index (χ0v) is 25.1. The number of rotatable bonds is 3. The van der Waals surface area contributed by atoms with Gasteiger partial charge < -0.3 is 65.3 Å². The molecule has 13 heteroatoms. The average Bonchev–Trinajstić information content (AvgIpc) is 3.32. The number of aliphatic hydroxyl groups is 10. The van der Waals surface area contributed by atoms with Crippen LogP contribution in [0.25, 0.3) is 11.1 Å². The summed E-state index contributed by atoms with van der Waals surface area (Å²) >= 11 is 0. The van der Waals surface area contributed by atoms with Crippen LogP contribution < -0.4 is 0 Å². The second-order valence-electron chi connectivity index (χ2n) is 12.4. The molecule has 13 nitrogen and oxygen atoms in total. The maximum Gasteiger partial charge on any atom is 0.147 e. The van der Waals surface area contributed by atoms with E-state index in [4.69, 9.17) is 14.2 Å². The molecule has 3 fully saturated rings. The fourth-order valence-electron chi connectivity index (χ4n) is 6.70. The van der Waals surface area contributed by atoms with Gasteiger partial charge in [0.25, 0.3) is 0 Å². The molecule has 13 atom stereocenters. The molecule has 0 aromatic heterocycles. The Morgan fingerprint density at radius 3 is 1.64 bits per heavy atom. The summed E-state index contributed by atoms with van der Waals surface area (Å²) in [6.07, 6.45) is -15.5. The van der Waals surface area contributed by atoms with Gasteiger partial charge >= 0.3 is 0 Å². The summed E-state index contributed by atoms with van der Waals surface area (Å²) in [7, 11) is 0. The molecule has 3 saturated heterocycles. The third-order valence-corrected chi connectivity index (χ3v) is 9.38. The van der Waals surface area contributed by atoms with Gasteiger partial charge in [0.1, 0.15) is 66.6 Å². The number of aliphatic hydroxyl groups excluding tert-OH is 10. The van der Waals surface area contributed by atoms with Crippen molar-refractivity contribution in [2.45, 2.75) is 91.7 Å². The van der Waals surface area contributed by atoms with E-state index in [9.17, 15) is 51.1 Å². The van der Waals surface area contributed by atoms with Gasteiger partial charge in [-0.2, -0.15) is 0 Å². The van der Waals surface area contributed by atoms with Crippen molar-refractivity contribution < 1.29 is 65.3 Å². The highest BCUT2D eigenvalue weighted by molar-refractivity contribution is 5.82. The summed E-state index contributed by atoms with van der Waals surface area (Å²) in [5.74, 6) is 11.5. The Morgan fingerprint density at radius 1 is 0.638 bits per heavy atom. The summed E-state index contributed by atoms with van der Waals surface area (Å²) in [6, 6.07) is 10.7. The first-order valence-corrected chi connectivity index (χ1v) is 15.4. The minimum absolute atomic E-state index is 0.00596. The Hall–Kier alpha value is -2.96. The predicted octanol–water partition coefficient (Wildman–Crippen LogP) is -3.17. The van der Waals surface area contributed by atoms with Crippen molar-refractivity contribution in [2.24, 2.45) is 0 Å². The molecule has 0 amide bonds. The molecule has 1 unspecified atom stereocenters. The summed E-state index contributed by atoms with van der Waals surface area (Å²) in [5.41, 5.74) is 2.70. The van der Waals surface area contributed by atoms with Crippen LogP contribution in [0.2, 0.25) is 0 Å². The number of fused-ring (bicyclic) bond motifs is 5. The number of benzene rings is 2. The van der Waals surface area contributed by atoms with Crippen molar-refractivity contribution in [2.75, 3.05) is 19.8 Å². The van der Waals surface area contributed by atoms with Crippen molar-refractivity contribution in [3.8, 4) is 34.8 Å². The van der Waals surface area contributed by atoms with Crippen LogP contribution in [0.1, 0.15) is 35.1 Å². The summed E-state index contributed by atoms with van der Waals surface area (Å²) < 4.78 is 17.5. The van der Waals surface area contributed by atoms with Crippen LogP contribution in [-0.4, -0.2) is 144 Å². The largest absolute Gasteiger partial charge is 0.396 e. The second kappa shape index (κ2) is 13.5. The molecule has 2 aromatic carbocycles. The van der Waals surface area contributed by atoms with Crippen molar-refractivity contribution in [1.82, 2.24) is 0 Å². The highest BCUT2D eigenvalue weighted by Crippen LogP contribution is 2.54. The van der Waals surface area contributed by atoms with Gasteiger partial charge in [0, 0.05) is 24.2 Å². The van der Waals surface area contributed by atoms with Gasteiger partial charge in [-0.05, 0) is 52.9 Å². The monoisotopic (exact) mass is 654 g/mol. The fraction of sp³-hybridized carbons (Fsp3) is 0.529. The van der Waals surface area contributed by atoms with Gasteiger partial charge in [0.2, 0.25) is 0 Å². The van der Waals surface area contributed by atoms with Crippen molar-refractivity contribution in [1.29, 1.82) is 0 Å². The maximum atomic E-state index is 10.8. The molecule has 252 valence electrons. The van der Waals surface area contributed by atoms with Gasteiger partial charge in [0.05, 0.1) is 25.4 Å². The van der Waals surface area contributed by atoms with Crippen LogP contribution >= 0.6 is 0 Å². The molecule has 3 heterocycles. The minimum Gasteiger partial charge on any atom is -0.396 e. The van der Waals surface area contributed by atoms with E-state index in [0.717, 1.165) is 11.1 Å². The number of ether oxygens (including phenoxy) is 3. The van der Waals surface area contributed by atoms with E-state index in [-0.39, 0.29) is 26.1 Å². The molecule has 0 radical (unpaired) electrons. The van der Waals surface area contributed by atoms with Gasteiger partial charge in [0.15, 0.2) is 0 Å². The fourth-order valence-corrected chi connectivity index (χ4v) is 6.70. The first-order chi connectivity index (χ1) is 22.5. The van der Waals surface area contributed by atoms with Crippen LogP contribution in [0.3, 0.4) is 0 Å². The van der Waals surface area contributed by atoms with Gasteiger partial charge in [-0.15, -0.1) is 0 Å². The Bertz CT molecular complexity index is 1590. The molecule has 1 spiro atoms. The lowest BCUT2D eigenvalue weighted by atomic mass is 9.81. The molecule has 2 aromatic rings. The average molecular weight is 655 g/mol. The van der Waals surface area contributed by atoms with Crippen LogP contribution in [0, 0.1) is 23.7 Å². The minimum atomic E-state index is -1.56. The maximum absolute atomic E-state index is 10.8. The second-order valence-corrected chi connectivity index (χ2v) is 12.4. The summed E-state index contributed by atoms with van der Waals surface area (Å²) in [4.78, 5) is 0. The predicted molar refractivity (Wildman–Crippen MR) is 161 cm³/mol. The van der Waals surface area contributed by atoms with Crippen LogP contribution in [0.5, 0.6) is 0 Å². The van der Waals surface area contributed by atoms with E-state index >= 15 is 0 Å². The molecule has 4 aliphatic rings. The van der Waals surface area contributed by atoms with E-state index in [2.05, 4.69) is 23.7 Å². The SMILES string of the molecule is OCC[C@H]1O[C@H](C#Cc2ccc3c(c2)C2(C[C@H](O)[C@H](O)CO2)c2cc(C#C[C@H]4O[C@H](CO)[C@@H](O)[C@H](O)[C@@H]4O)ccc2-3)[C@@H](O)[C@@H](O)[C@@H]1O. The van der Waals surface area contributed by atoms with Crippen molar-refractivity contribution >= 4 is 0 Å². The third-order valence-electron chi connectivity index (χ3n) is 9.38. The molecule has 1 aliphatic carbocycles. The Morgan fingerprint density at radius 2 is 1.15 bits per heavy atom. The lowest BCUT2D eigenvalue weighted by Gasteiger charge is -2.40. The zero-order chi connectivity index (χ0) is 33.6. The normalized spacial score (nSPS) is 39.3. The van der Waals surface area contributed by atoms with E-state index in [1.54, 1.807) is 24.3 Å². The van der Waals surface area contributed by atoms with Gasteiger partial charge in [-0.3, -0.25) is 0 Å². The first kappa shape index (κ1) is 33.9. The Kier molecular flexibility index (Phi) is 9.75. The lowest BCUT2D eigenvalue weighted by Crippen LogP contribution is -2.58. The summed E-state index contributed by atoms with van der Waals surface area (Å²) in [5, 5.41) is 101. The topological polar surface area (TPSA) is 230 Å². The molecular formula is C34H38O13. The van der Waals surface area contributed by atoms with E-state index in [1.807, 2.05) is 12.1 Å². The molecule has 10 N–H and O–H groups in total. The molecule has 0 saturated carbocycles. The van der Waals surface area contributed by atoms with E-state index < -0.39 is 85.5 Å². The third kappa shape index (κ3) is 6.10.